The van der Waals surface area contributed by atoms with Crippen LogP contribution >= 0.6 is 7.82 Å². The smallest absolute Gasteiger partial charge is 0.481 e. The van der Waals surface area contributed by atoms with E-state index in [1.165, 1.54) is 95.2 Å². The van der Waals surface area contributed by atoms with Crippen LogP contribution < -0.4 is 106 Å². The van der Waals surface area contributed by atoms with Crippen LogP contribution in [-0.4, -0.2) is 280 Å². The van der Waals surface area contributed by atoms with E-state index in [-0.39, 0.29) is 81.9 Å². The van der Waals surface area contributed by atoms with Gasteiger partial charge in [-0.05, 0) is 138 Å². The lowest BCUT2D eigenvalue weighted by Gasteiger charge is -2.30. The fourth-order valence-corrected chi connectivity index (χ4v) is 15.0. The van der Waals surface area contributed by atoms with E-state index in [1.54, 1.807) is 13.8 Å². The second-order valence-corrected chi connectivity index (χ2v) is 37.4. The molecule has 57 heteroatoms. The van der Waals surface area contributed by atoms with Gasteiger partial charge in [-0.25, -0.2) is 31.3 Å². The number of carboxylic acids is 5. The number of carbonyl (C=O) groups is 23. The van der Waals surface area contributed by atoms with Gasteiger partial charge in [-0.2, -0.15) is 0 Å². The second kappa shape index (κ2) is 64.9. The highest BCUT2D eigenvalue weighted by Crippen LogP contribution is 2.37. The van der Waals surface area contributed by atoms with Crippen molar-refractivity contribution >= 4 is 144 Å². The topological polar surface area (TPSA) is 817 Å². The third kappa shape index (κ3) is 45.5. The second-order valence-electron chi connectivity index (χ2n) is 36.2. The first kappa shape index (κ1) is 132. The molecule has 0 heterocycles. The van der Waals surface area contributed by atoms with Crippen LogP contribution in [0.4, 0.5) is 22.0 Å². The van der Waals surface area contributed by atoms with Gasteiger partial charge in [0.15, 0.2) is 23.3 Å². The Bertz CT molecular complexity index is 5110. The molecule has 0 aliphatic carbocycles. The number of phosphoric acid groups is 1. The molecule has 51 nitrogen and oxygen atoms in total. The van der Waals surface area contributed by atoms with Gasteiger partial charge in [-0.3, -0.25) is 115 Å². The zero-order chi connectivity index (χ0) is 114. The molecule has 2 aromatic carbocycles. The van der Waals surface area contributed by atoms with Gasteiger partial charge in [0.05, 0.1) is 6.04 Å². The van der Waals surface area contributed by atoms with E-state index in [9.17, 15) is 153 Å². The van der Waals surface area contributed by atoms with Gasteiger partial charge in [-0.15, -0.1) is 0 Å². The Hall–Kier alpha value is -14.2. The minimum atomic E-state index is -4.98. The van der Waals surface area contributed by atoms with Crippen LogP contribution in [0.1, 0.15) is 243 Å². The van der Waals surface area contributed by atoms with Gasteiger partial charge >= 0.3 is 37.7 Å². The molecule has 0 radical (unpaired) electrons. The summed E-state index contributed by atoms with van der Waals surface area (Å²) in [5, 5.41) is 89.0. The summed E-state index contributed by atoms with van der Waals surface area (Å²) in [5.41, 5.74) is 10.3. The van der Waals surface area contributed by atoms with Crippen LogP contribution in [0.3, 0.4) is 0 Å². The number of amides is 18. The summed E-state index contributed by atoms with van der Waals surface area (Å²) < 4.78 is 88.7. The Morgan fingerprint density at radius 2 is 0.540 bits per heavy atom. The number of carbonyl (C=O) groups excluding carboxylic acids is 18. The molecule has 840 valence electrons. The minimum Gasteiger partial charge on any atom is -0.481 e. The number of benzene rings is 2. The molecule has 2 aromatic rings. The molecule has 2 rings (SSSR count). The number of nitrogens with two attached hydrogens (primary N) is 2. The van der Waals surface area contributed by atoms with Crippen molar-refractivity contribution in [1.82, 2.24) is 90.4 Å². The van der Waals surface area contributed by atoms with E-state index in [0.717, 1.165) is 12.1 Å². The predicted octanol–water partition coefficient (Wildman–Crippen LogP) is -1.56. The third-order valence-corrected chi connectivity index (χ3v) is 24.0. The standard InChI is InChI=1S/C93H141F5N19O32P/c1-15-44(14)75(117-89(140)61(32-37-69(125)126)112-85(136)58(29-34-66(119)120)109-77(128)48(99)40-45-24-26-46(27-25-45)149-150(146,147)148)92(143)113-60(31-36-68(123)124)87(138)111-59(30-35-67(121)122)86(137)110-57(88(139)115-64(39-43(12)13)91(142)116-63(38-42(10)11)90(141)114-62(76(100)127)41-47-70(94)72(96)74(98)73(97)71(47)95)28-33-65(118)101-49(16-2)78(129)102-50(17-3)79(130)103-51(18-4)80(131)104-52(19-5)81(132)105-53(20-6)82(133)106-54(21-7)83(134)107-55(22-8)84(135)108-56(23-9)93(144)145/h24-27,42-44,48-64,75H,15-23,28-41,99H2,1-14H3,(H2,100,127)(H,101,118)(H,102,129)(H,103,130)(H,104,131)(H,105,132)(H,106,133)(H,107,134)(H,108,135)(H,109,128)(H,110,137)(H,111,138)(H,112,136)(H,113,143)(H,114,141)(H,115,139)(H,116,142)(H,117,140)(H,119,120)(H,121,122)(H,123,124)(H,125,126)(H,144,145)(H2,146,147,148)/t44-,48-,49-,50-,51-,52-,53-,54-,55-,56-,57-,58-,59-,60-,61-,62-,63-,64-,75-/m0/s1. The number of halogens is 5. The summed E-state index contributed by atoms with van der Waals surface area (Å²) in [4.78, 5) is 332. The number of nitrogens with one attached hydrogen (secondary N) is 17. The zero-order valence-electron chi connectivity index (χ0n) is 85.5. The molecule has 18 amide bonds. The van der Waals surface area contributed by atoms with Crippen LogP contribution in [-0.2, 0) is 128 Å². The maximum atomic E-state index is 15.1. The van der Waals surface area contributed by atoms with Gasteiger partial charge in [0.2, 0.25) is 112 Å². The highest BCUT2D eigenvalue weighted by Gasteiger charge is 2.42. The quantitative estimate of drug-likeness (QED) is 0.0154. The van der Waals surface area contributed by atoms with Crippen molar-refractivity contribution in [2.45, 2.75) is 353 Å². The highest BCUT2D eigenvalue weighted by molar-refractivity contribution is 7.46. The van der Waals surface area contributed by atoms with Gasteiger partial charge in [-0.1, -0.05) is 115 Å². The lowest BCUT2D eigenvalue weighted by molar-refractivity contribution is -0.142. The fraction of sp³-hybridized carbons (Fsp3) is 0.624. The monoisotopic (exact) mass is 2160 g/mol. The van der Waals surface area contributed by atoms with Crippen LogP contribution in [0.2, 0.25) is 0 Å². The molecule has 0 saturated carbocycles. The molecule has 0 saturated heterocycles. The lowest BCUT2D eigenvalue weighted by atomic mass is 9.96. The Morgan fingerprint density at radius 1 is 0.300 bits per heavy atom. The number of rotatable bonds is 70. The first-order valence-corrected chi connectivity index (χ1v) is 50.3. The van der Waals surface area contributed by atoms with Crippen molar-refractivity contribution in [3.05, 3.63) is 64.5 Å². The average molecular weight is 2160 g/mol. The van der Waals surface area contributed by atoms with Gasteiger partial charge in [0, 0.05) is 44.1 Å². The fourth-order valence-electron chi connectivity index (χ4n) is 14.6. The molecule has 0 aliphatic heterocycles. The largest absolute Gasteiger partial charge is 0.524 e. The molecule has 0 aliphatic rings. The minimum absolute atomic E-state index is 0.00754. The van der Waals surface area contributed by atoms with Crippen molar-refractivity contribution in [1.29, 1.82) is 0 Å². The Labute approximate surface area is 860 Å². The van der Waals surface area contributed by atoms with Gasteiger partial charge in [0.1, 0.15) is 108 Å². The molecule has 0 unspecified atom stereocenters. The van der Waals surface area contributed by atoms with Gasteiger partial charge in [0.25, 0.3) is 0 Å². The highest BCUT2D eigenvalue weighted by atomic mass is 31.2. The van der Waals surface area contributed by atoms with E-state index in [4.69, 9.17) is 21.3 Å². The summed E-state index contributed by atoms with van der Waals surface area (Å²) in [6.45, 7) is 20.9. The normalized spacial score (nSPS) is 15.1. The third-order valence-electron chi connectivity index (χ3n) is 23.5. The molecule has 0 spiro atoms. The number of carboxylic acid groups (broad SMARTS) is 5. The van der Waals surface area contributed by atoms with Crippen molar-refractivity contribution in [3.8, 4) is 5.75 Å². The molecule has 0 bridgehead atoms. The van der Waals surface area contributed by atoms with E-state index >= 15 is 9.59 Å². The molecule has 150 heavy (non-hydrogen) atoms. The summed E-state index contributed by atoms with van der Waals surface area (Å²) in [6, 6.07) is -25.6. The van der Waals surface area contributed by atoms with E-state index in [1.807, 2.05) is 5.32 Å². The maximum absolute atomic E-state index is 15.1. The van der Waals surface area contributed by atoms with Crippen LogP contribution in [0, 0.1) is 46.8 Å². The summed E-state index contributed by atoms with van der Waals surface area (Å²) in [6.07, 6.45) is -12.1. The summed E-state index contributed by atoms with van der Waals surface area (Å²) >= 11 is 0. The Morgan fingerprint density at radius 3 is 0.813 bits per heavy atom. The number of phosphoric ester groups is 1. The number of primary amides is 1. The molecular formula is C93H141F5N19O32P. The van der Waals surface area contributed by atoms with Crippen molar-refractivity contribution in [2.24, 2.45) is 29.2 Å². The first-order valence-electron chi connectivity index (χ1n) is 48.7. The molecule has 28 N–H and O–H groups in total. The number of aliphatic carboxylic acids is 5. The molecule has 0 aromatic heterocycles. The number of hydrogen-bond acceptors (Lipinski definition) is 26. The Balaban J connectivity index is 2.76. The molecule has 0 fully saturated rings. The van der Waals surface area contributed by atoms with Crippen molar-refractivity contribution in [3.63, 3.8) is 0 Å². The predicted molar refractivity (Wildman–Crippen MR) is 518 cm³/mol. The molecule has 19 atom stereocenters. The Kier molecular flexibility index (Phi) is 57.1. The lowest BCUT2D eigenvalue weighted by Crippen LogP contribution is -2.61. The van der Waals surface area contributed by atoms with Crippen LogP contribution in [0.5, 0.6) is 5.75 Å². The summed E-state index contributed by atoms with van der Waals surface area (Å²) in [5.74, 6) is -43.4. The summed E-state index contributed by atoms with van der Waals surface area (Å²) in [7, 11) is -4.98. The van der Waals surface area contributed by atoms with Crippen LogP contribution in [0.25, 0.3) is 0 Å². The van der Waals surface area contributed by atoms with E-state index in [0.29, 0.717) is 0 Å². The SMILES string of the molecule is CC[C@H](NC(=O)[C@H](CC)NC(=O)[C@H](CC)NC(=O)[C@H](CC)NC(=O)[C@H](CC)NC(=O)[C@H](CC)NC(=O)[C@H](CC)NC(=O)[C@H](CC)NC(=O)CC[C@H](NC(=O)[C@H](CCC(=O)O)NC(=O)[C@H](CCC(=O)O)NC(=O)[C@@H](NC(=O)[C@H](CCC(=O)O)NC(=O)[C@H](CCC(=O)O)NC(=O)[C@@H](N)Cc1ccc(OP(=O)(O)O)cc1)[C@@H](C)CC)C(=O)N[C@@H](CC(C)C)C(=O)N[C@@H](CC(C)C)C(=O)N[C@@H](Cc1c(F)c(F)c(F)c(F)c1F)C(N)=O)C(=O)O. The van der Waals surface area contributed by atoms with Crippen molar-refractivity contribution in [2.75, 3.05) is 0 Å². The van der Waals surface area contributed by atoms with Crippen molar-refractivity contribution < 1.29 is 177 Å². The average Bonchev–Trinajstić information content (AvgIpc) is 0.789. The molecular weight excluding hydrogens is 2020 g/mol. The maximum Gasteiger partial charge on any atom is 0.524 e. The van der Waals surface area contributed by atoms with E-state index in [2.05, 4.69) is 89.6 Å². The van der Waals surface area contributed by atoms with E-state index < -0.39 is 382 Å². The van der Waals surface area contributed by atoms with Crippen LogP contribution in [0.15, 0.2) is 24.3 Å². The van der Waals surface area contributed by atoms with Gasteiger partial charge < -0.3 is 132 Å². The number of hydrogen-bond donors (Lipinski definition) is 26. The zero-order valence-corrected chi connectivity index (χ0v) is 86.4. The first-order chi connectivity index (χ1) is 70.1.